The van der Waals surface area contributed by atoms with Crippen molar-refractivity contribution >= 4 is 17.0 Å². The Bertz CT molecular complexity index is 1080. The van der Waals surface area contributed by atoms with Crippen LogP contribution in [0.25, 0.3) is 11.0 Å². The number of hydrogen-bond donors (Lipinski definition) is 1. The minimum atomic E-state index is -0.882. The van der Waals surface area contributed by atoms with Crippen LogP contribution in [0.4, 0.5) is 0 Å². The molecule has 1 aromatic heterocycles. The standard InChI is InChI=1S/C24H28N4O3/c1-24(2,23(29)30)19-9-7-17(8-10-19)11-14-27-15-12-18(13-16-27)22-25-20-5-3-4-6-21(20)28(22)26-31/h3-10,18H,11-16H2,1-2H3,(H,29,30). The lowest BCUT2D eigenvalue weighted by molar-refractivity contribution is -0.142. The van der Waals surface area contributed by atoms with Crippen LogP contribution in [0.2, 0.25) is 0 Å². The largest absolute Gasteiger partial charge is 0.481 e. The van der Waals surface area contributed by atoms with Crippen LogP contribution in [0.15, 0.2) is 53.8 Å². The topological polar surface area (TPSA) is 87.8 Å². The number of aliphatic carboxylic acids is 1. The molecule has 1 fully saturated rings. The summed E-state index contributed by atoms with van der Waals surface area (Å²) < 4.78 is 1.45. The molecule has 1 aliphatic rings. The molecular formula is C24H28N4O3. The second kappa shape index (κ2) is 8.59. The summed E-state index contributed by atoms with van der Waals surface area (Å²) in [7, 11) is 0. The summed E-state index contributed by atoms with van der Waals surface area (Å²) in [6.07, 6.45) is 2.82. The van der Waals surface area contributed by atoms with Gasteiger partial charge >= 0.3 is 5.97 Å². The molecule has 0 amide bonds. The Morgan fingerprint density at radius 1 is 1.13 bits per heavy atom. The van der Waals surface area contributed by atoms with Crippen LogP contribution in [0.3, 0.4) is 0 Å². The van der Waals surface area contributed by atoms with Gasteiger partial charge in [0.15, 0.2) is 0 Å². The van der Waals surface area contributed by atoms with E-state index in [1.807, 2.05) is 48.5 Å². The van der Waals surface area contributed by atoms with Crippen molar-refractivity contribution in [3.63, 3.8) is 0 Å². The number of carboxylic acid groups (broad SMARTS) is 1. The van der Waals surface area contributed by atoms with Crippen LogP contribution in [-0.2, 0) is 16.6 Å². The van der Waals surface area contributed by atoms with E-state index in [2.05, 4.69) is 15.2 Å². The molecule has 0 atom stereocenters. The van der Waals surface area contributed by atoms with Gasteiger partial charge in [0.25, 0.3) is 0 Å². The van der Waals surface area contributed by atoms with Crippen LogP contribution in [-0.4, -0.2) is 45.3 Å². The van der Waals surface area contributed by atoms with Gasteiger partial charge in [-0.1, -0.05) is 36.4 Å². The third-order valence-corrected chi connectivity index (χ3v) is 6.52. The second-order valence-corrected chi connectivity index (χ2v) is 8.85. The molecule has 0 unspecified atom stereocenters. The van der Waals surface area contributed by atoms with E-state index in [4.69, 9.17) is 0 Å². The fourth-order valence-corrected chi connectivity index (χ4v) is 4.30. The number of nitrogens with zero attached hydrogens (tertiary/aromatic N) is 4. The molecule has 1 N–H and O–H groups in total. The Hall–Kier alpha value is -3.06. The first kappa shape index (κ1) is 21.2. The van der Waals surface area contributed by atoms with Crippen molar-refractivity contribution in [3.8, 4) is 0 Å². The van der Waals surface area contributed by atoms with Crippen molar-refractivity contribution in [3.05, 3.63) is 70.4 Å². The van der Waals surface area contributed by atoms with Crippen molar-refractivity contribution in [2.45, 2.75) is 44.4 Å². The van der Waals surface area contributed by atoms with Gasteiger partial charge in [-0.15, -0.1) is 4.91 Å². The summed E-state index contributed by atoms with van der Waals surface area (Å²) in [6.45, 7) is 6.32. The number of carboxylic acids is 1. The monoisotopic (exact) mass is 420 g/mol. The molecule has 0 radical (unpaired) electrons. The molecule has 0 saturated carbocycles. The summed E-state index contributed by atoms with van der Waals surface area (Å²) in [5.74, 6) is 0.188. The predicted octanol–water partition coefficient (Wildman–Crippen LogP) is 4.35. The molecule has 2 heterocycles. The van der Waals surface area contributed by atoms with E-state index >= 15 is 0 Å². The molecule has 7 nitrogen and oxygen atoms in total. The average molecular weight is 421 g/mol. The zero-order chi connectivity index (χ0) is 22.0. The Balaban J connectivity index is 1.34. The first-order valence-electron chi connectivity index (χ1n) is 10.8. The quantitative estimate of drug-likeness (QED) is 0.574. The fourth-order valence-electron chi connectivity index (χ4n) is 4.30. The summed E-state index contributed by atoms with van der Waals surface area (Å²) >= 11 is 0. The lowest BCUT2D eigenvalue weighted by atomic mass is 9.84. The summed E-state index contributed by atoms with van der Waals surface area (Å²) in [5, 5.41) is 12.6. The van der Waals surface area contributed by atoms with Crippen LogP contribution in [0.1, 0.15) is 49.6 Å². The molecule has 2 aromatic carbocycles. The third-order valence-electron chi connectivity index (χ3n) is 6.52. The average Bonchev–Trinajstić information content (AvgIpc) is 3.17. The van der Waals surface area contributed by atoms with Gasteiger partial charge in [-0.05, 0) is 69.5 Å². The Labute approximate surface area is 181 Å². The molecular weight excluding hydrogens is 392 g/mol. The van der Waals surface area contributed by atoms with Gasteiger partial charge in [-0.3, -0.25) is 4.79 Å². The fraction of sp³-hybridized carbons (Fsp3) is 0.417. The van der Waals surface area contributed by atoms with Crippen molar-refractivity contribution in [1.29, 1.82) is 0 Å². The van der Waals surface area contributed by atoms with Crippen LogP contribution >= 0.6 is 0 Å². The van der Waals surface area contributed by atoms with Gasteiger partial charge in [0.05, 0.1) is 21.7 Å². The van der Waals surface area contributed by atoms with E-state index in [0.29, 0.717) is 0 Å². The zero-order valence-corrected chi connectivity index (χ0v) is 18.0. The number of hydrogen-bond acceptors (Lipinski definition) is 5. The highest BCUT2D eigenvalue weighted by Gasteiger charge is 2.29. The highest BCUT2D eigenvalue weighted by atomic mass is 16.4. The smallest absolute Gasteiger partial charge is 0.313 e. The van der Waals surface area contributed by atoms with Crippen molar-refractivity contribution in [1.82, 2.24) is 14.6 Å². The van der Waals surface area contributed by atoms with Crippen molar-refractivity contribution in [2.75, 3.05) is 19.6 Å². The Morgan fingerprint density at radius 3 is 2.45 bits per heavy atom. The van der Waals surface area contributed by atoms with E-state index in [-0.39, 0.29) is 5.92 Å². The van der Waals surface area contributed by atoms with Crippen molar-refractivity contribution < 1.29 is 9.90 Å². The number of rotatable bonds is 7. The predicted molar refractivity (Wildman–Crippen MR) is 120 cm³/mol. The van der Waals surface area contributed by atoms with Gasteiger partial charge in [-0.2, -0.15) is 4.68 Å². The lowest BCUT2D eigenvalue weighted by Gasteiger charge is -2.31. The number of benzene rings is 2. The third kappa shape index (κ3) is 4.23. The van der Waals surface area contributed by atoms with E-state index in [1.165, 1.54) is 10.2 Å². The SMILES string of the molecule is CC(C)(C(=O)O)c1ccc(CCN2CCC(c3nc4ccccc4n3N=O)CC2)cc1. The number of para-hydroxylation sites is 2. The highest BCUT2D eigenvalue weighted by Crippen LogP contribution is 2.30. The van der Waals surface area contributed by atoms with Gasteiger partial charge in [0.2, 0.25) is 0 Å². The highest BCUT2D eigenvalue weighted by molar-refractivity contribution is 5.80. The molecule has 162 valence electrons. The van der Waals surface area contributed by atoms with E-state index < -0.39 is 11.4 Å². The number of imidazole rings is 1. The van der Waals surface area contributed by atoms with Crippen molar-refractivity contribution in [2.24, 2.45) is 5.29 Å². The van der Waals surface area contributed by atoms with Crippen LogP contribution < -0.4 is 0 Å². The van der Waals surface area contributed by atoms with E-state index in [0.717, 1.165) is 61.3 Å². The van der Waals surface area contributed by atoms with Gasteiger partial charge in [0.1, 0.15) is 5.82 Å². The number of fused-ring (bicyclic) bond motifs is 1. The van der Waals surface area contributed by atoms with Crippen LogP contribution in [0, 0.1) is 4.91 Å². The normalized spacial score (nSPS) is 15.9. The maximum Gasteiger partial charge on any atom is 0.313 e. The summed E-state index contributed by atoms with van der Waals surface area (Å²) in [4.78, 5) is 30.0. The minimum Gasteiger partial charge on any atom is -0.481 e. The first-order valence-corrected chi connectivity index (χ1v) is 10.8. The number of piperidine rings is 1. The first-order chi connectivity index (χ1) is 14.9. The Kier molecular flexibility index (Phi) is 5.87. The number of carbonyl (C=O) groups is 1. The molecule has 1 saturated heterocycles. The van der Waals surface area contributed by atoms with E-state index in [1.54, 1.807) is 13.8 Å². The van der Waals surface area contributed by atoms with Gasteiger partial charge in [-0.25, -0.2) is 4.98 Å². The number of aromatic nitrogens is 2. The maximum absolute atomic E-state index is 11.4. The number of likely N-dealkylation sites (tertiary alicyclic amines) is 1. The molecule has 7 heteroatoms. The Morgan fingerprint density at radius 2 is 1.81 bits per heavy atom. The second-order valence-electron chi connectivity index (χ2n) is 8.85. The molecule has 1 aliphatic heterocycles. The van der Waals surface area contributed by atoms with Gasteiger partial charge in [0, 0.05) is 12.5 Å². The lowest BCUT2D eigenvalue weighted by Crippen LogP contribution is -2.35. The van der Waals surface area contributed by atoms with E-state index in [9.17, 15) is 14.8 Å². The number of nitroso groups, excluding NO2 is 1. The molecule has 31 heavy (non-hydrogen) atoms. The molecule has 0 bridgehead atoms. The zero-order valence-electron chi connectivity index (χ0n) is 18.0. The molecule has 3 aromatic rings. The molecule has 0 spiro atoms. The summed E-state index contributed by atoms with van der Waals surface area (Å²) in [6, 6.07) is 15.5. The van der Waals surface area contributed by atoms with Crippen LogP contribution in [0.5, 0.6) is 0 Å². The minimum absolute atomic E-state index is 0.235. The summed E-state index contributed by atoms with van der Waals surface area (Å²) in [5.41, 5.74) is 2.72. The molecule has 0 aliphatic carbocycles. The van der Waals surface area contributed by atoms with Gasteiger partial charge < -0.3 is 10.0 Å². The molecule has 4 rings (SSSR count). The maximum atomic E-state index is 11.4.